The summed E-state index contributed by atoms with van der Waals surface area (Å²) in [5.74, 6) is -0.405. The van der Waals surface area contributed by atoms with E-state index in [1.165, 1.54) is 12.0 Å². The van der Waals surface area contributed by atoms with Crippen LogP contribution in [0.4, 0.5) is 4.79 Å². The maximum Gasteiger partial charge on any atom is 0.343 e. The van der Waals surface area contributed by atoms with Gasteiger partial charge >= 0.3 is 5.97 Å². The van der Waals surface area contributed by atoms with Crippen LogP contribution < -0.4 is 9.47 Å². The third-order valence-corrected chi connectivity index (χ3v) is 6.91. The fourth-order valence-corrected chi connectivity index (χ4v) is 4.83. The molecule has 0 unspecified atom stereocenters. The third kappa shape index (κ3) is 5.78. The number of carbonyl (C=O) groups is 3. The number of thioether (sulfide) groups is 1. The van der Waals surface area contributed by atoms with Crippen LogP contribution in [0.25, 0.3) is 6.08 Å². The average molecular weight is 573 g/mol. The highest BCUT2D eigenvalue weighted by Gasteiger charge is 2.35. The van der Waals surface area contributed by atoms with Crippen LogP contribution in [0.1, 0.15) is 27.0 Å². The molecule has 4 rings (SSSR count). The molecule has 9 heteroatoms. The smallest absolute Gasteiger partial charge is 0.343 e. The Hall–Kier alpha value is -3.07. The van der Waals surface area contributed by atoms with Gasteiger partial charge < -0.3 is 9.47 Å². The van der Waals surface area contributed by atoms with E-state index in [1.54, 1.807) is 54.6 Å². The van der Waals surface area contributed by atoms with Gasteiger partial charge in [0.05, 0.1) is 28.6 Å². The molecule has 1 saturated heterocycles. The second-order valence-corrected chi connectivity index (χ2v) is 9.97. The van der Waals surface area contributed by atoms with Crippen LogP contribution >= 0.6 is 39.3 Å². The quantitative estimate of drug-likeness (QED) is 0.182. The van der Waals surface area contributed by atoms with Crippen molar-refractivity contribution in [3.05, 3.63) is 97.3 Å². The first-order valence-electron chi connectivity index (χ1n) is 10.4. The molecule has 1 aliphatic rings. The maximum absolute atomic E-state index is 12.9. The van der Waals surface area contributed by atoms with Crippen LogP contribution in [0.15, 0.2) is 70.0 Å². The van der Waals surface area contributed by atoms with Gasteiger partial charge in [-0.2, -0.15) is 0 Å². The number of halogens is 2. The van der Waals surface area contributed by atoms with Gasteiger partial charge in [-0.15, -0.1) is 0 Å². The Morgan fingerprint density at radius 1 is 1.09 bits per heavy atom. The molecule has 2 amide bonds. The summed E-state index contributed by atoms with van der Waals surface area (Å²) in [6, 6.07) is 17.3. The van der Waals surface area contributed by atoms with Gasteiger partial charge in [0.2, 0.25) is 0 Å². The van der Waals surface area contributed by atoms with Crippen LogP contribution in [0.5, 0.6) is 11.5 Å². The zero-order valence-electron chi connectivity index (χ0n) is 18.7. The molecular formula is C26H19BrClNO5S. The van der Waals surface area contributed by atoms with Crippen molar-refractivity contribution in [3.8, 4) is 11.5 Å². The van der Waals surface area contributed by atoms with Gasteiger partial charge in [-0.05, 0) is 88.2 Å². The monoisotopic (exact) mass is 571 g/mol. The highest BCUT2D eigenvalue weighted by Crippen LogP contribution is 2.39. The lowest BCUT2D eigenvalue weighted by Gasteiger charge is -2.13. The molecule has 178 valence electrons. The van der Waals surface area contributed by atoms with Gasteiger partial charge in [0.1, 0.15) is 0 Å². The van der Waals surface area contributed by atoms with Gasteiger partial charge in [0.25, 0.3) is 11.1 Å². The molecule has 0 atom stereocenters. The summed E-state index contributed by atoms with van der Waals surface area (Å²) < 4.78 is 11.5. The van der Waals surface area contributed by atoms with Crippen LogP contribution in [0.2, 0.25) is 5.02 Å². The van der Waals surface area contributed by atoms with Gasteiger partial charge in [-0.3, -0.25) is 14.5 Å². The first-order valence-corrected chi connectivity index (χ1v) is 12.4. The summed E-state index contributed by atoms with van der Waals surface area (Å²) in [7, 11) is 1.45. The van der Waals surface area contributed by atoms with Crippen molar-refractivity contribution in [2.24, 2.45) is 0 Å². The van der Waals surface area contributed by atoms with E-state index >= 15 is 0 Å². The predicted molar refractivity (Wildman–Crippen MR) is 140 cm³/mol. The van der Waals surface area contributed by atoms with Gasteiger partial charge in [-0.1, -0.05) is 41.4 Å². The zero-order valence-corrected chi connectivity index (χ0v) is 21.9. The van der Waals surface area contributed by atoms with E-state index < -0.39 is 5.97 Å². The number of hydrogen-bond acceptors (Lipinski definition) is 6. The van der Waals surface area contributed by atoms with Gasteiger partial charge in [0, 0.05) is 5.02 Å². The molecule has 0 radical (unpaired) electrons. The Morgan fingerprint density at radius 3 is 2.43 bits per heavy atom. The van der Waals surface area contributed by atoms with Crippen molar-refractivity contribution in [2.45, 2.75) is 13.5 Å². The largest absolute Gasteiger partial charge is 0.493 e. The molecule has 0 spiro atoms. The molecule has 1 fully saturated rings. The van der Waals surface area contributed by atoms with Crippen molar-refractivity contribution in [3.63, 3.8) is 0 Å². The van der Waals surface area contributed by atoms with Crippen molar-refractivity contribution in [1.82, 2.24) is 4.90 Å². The molecule has 3 aromatic rings. The molecule has 3 aromatic carbocycles. The second kappa shape index (κ2) is 10.7. The molecular weight excluding hydrogens is 554 g/mol. The normalized spacial score (nSPS) is 14.5. The Labute approximate surface area is 220 Å². The number of hydrogen-bond donors (Lipinski definition) is 0. The lowest BCUT2D eigenvalue weighted by molar-refractivity contribution is -0.123. The zero-order chi connectivity index (χ0) is 25.1. The molecule has 6 nitrogen and oxygen atoms in total. The van der Waals surface area contributed by atoms with E-state index in [0.717, 1.165) is 22.9 Å². The summed E-state index contributed by atoms with van der Waals surface area (Å²) in [6.07, 6.45) is 1.60. The SMILES string of the molecule is COc1cc(/C=C2\SC(=O)N(Cc3ccc(Cl)cc3)C2=O)cc(Br)c1OC(=O)c1ccc(C)cc1. The van der Waals surface area contributed by atoms with E-state index in [0.29, 0.717) is 26.4 Å². The number of carbonyl (C=O) groups excluding carboxylic acids is 3. The molecule has 0 aromatic heterocycles. The minimum Gasteiger partial charge on any atom is -0.493 e. The highest BCUT2D eigenvalue weighted by molar-refractivity contribution is 9.10. The summed E-state index contributed by atoms with van der Waals surface area (Å²) in [6.45, 7) is 2.08. The number of benzene rings is 3. The van der Waals surface area contributed by atoms with Gasteiger partial charge in [0.15, 0.2) is 11.5 Å². The first kappa shape index (κ1) is 25.0. The Balaban J connectivity index is 1.55. The number of esters is 1. The Bertz CT molecular complexity index is 1340. The number of ether oxygens (including phenoxy) is 2. The lowest BCUT2D eigenvalue weighted by atomic mass is 10.1. The minimum absolute atomic E-state index is 0.153. The Morgan fingerprint density at radius 2 is 1.77 bits per heavy atom. The van der Waals surface area contributed by atoms with Crippen molar-refractivity contribution in [2.75, 3.05) is 7.11 Å². The molecule has 35 heavy (non-hydrogen) atoms. The lowest BCUT2D eigenvalue weighted by Crippen LogP contribution is -2.27. The number of nitrogens with zero attached hydrogens (tertiary/aromatic N) is 1. The van der Waals surface area contributed by atoms with Crippen LogP contribution in [-0.4, -0.2) is 29.1 Å². The minimum atomic E-state index is -0.528. The molecule has 0 N–H and O–H groups in total. The molecule has 0 aliphatic carbocycles. The fourth-order valence-electron chi connectivity index (χ4n) is 3.32. The predicted octanol–water partition coefficient (Wildman–Crippen LogP) is 6.88. The third-order valence-electron chi connectivity index (χ3n) is 5.16. The number of amides is 2. The van der Waals surface area contributed by atoms with Gasteiger partial charge in [-0.25, -0.2) is 4.79 Å². The number of rotatable bonds is 6. The maximum atomic E-state index is 12.9. The van der Waals surface area contributed by atoms with Crippen molar-refractivity contribution in [1.29, 1.82) is 0 Å². The van der Waals surface area contributed by atoms with Crippen LogP contribution in [0, 0.1) is 6.92 Å². The molecule has 1 aliphatic heterocycles. The van der Waals surface area contributed by atoms with E-state index in [-0.39, 0.29) is 28.3 Å². The van der Waals surface area contributed by atoms with Crippen molar-refractivity contribution >= 4 is 62.5 Å². The van der Waals surface area contributed by atoms with Crippen molar-refractivity contribution < 1.29 is 23.9 Å². The molecule has 1 heterocycles. The summed E-state index contributed by atoms with van der Waals surface area (Å²) in [5, 5.41) is 0.223. The number of methoxy groups -OCH3 is 1. The van der Waals surface area contributed by atoms with Crippen LogP contribution in [-0.2, 0) is 11.3 Å². The van der Waals surface area contributed by atoms with E-state index in [9.17, 15) is 14.4 Å². The first-order chi connectivity index (χ1) is 16.7. The highest BCUT2D eigenvalue weighted by atomic mass is 79.9. The number of imide groups is 1. The topological polar surface area (TPSA) is 72.9 Å². The van der Waals surface area contributed by atoms with E-state index in [1.807, 2.05) is 19.1 Å². The van der Waals surface area contributed by atoms with E-state index in [2.05, 4.69) is 15.9 Å². The average Bonchev–Trinajstić information content (AvgIpc) is 3.09. The standard InChI is InChI=1S/C26H19BrClNO5S/c1-15-3-7-18(8-4-15)25(31)34-23-20(27)11-17(12-21(23)33-2)13-22-24(30)29(26(32)35-22)14-16-5-9-19(28)10-6-16/h3-13H,14H2,1-2H3/b22-13-. The summed E-state index contributed by atoms with van der Waals surface area (Å²) >= 11 is 10.2. The molecule has 0 saturated carbocycles. The van der Waals surface area contributed by atoms with Crippen LogP contribution in [0.3, 0.4) is 0 Å². The summed E-state index contributed by atoms with van der Waals surface area (Å²) in [5.41, 5.74) is 2.83. The number of aryl methyl sites for hydroxylation is 1. The van der Waals surface area contributed by atoms with E-state index in [4.69, 9.17) is 21.1 Å². The fraction of sp³-hybridized carbons (Fsp3) is 0.115. The molecule has 0 bridgehead atoms. The summed E-state index contributed by atoms with van der Waals surface area (Å²) in [4.78, 5) is 39.4. The second-order valence-electron chi connectivity index (χ2n) is 7.68. The Kier molecular flexibility index (Phi) is 7.64.